The van der Waals surface area contributed by atoms with Gasteiger partial charge >= 0.3 is 0 Å². The van der Waals surface area contributed by atoms with E-state index in [-0.39, 0.29) is 30.4 Å². The van der Waals surface area contributed by atoms with Crippen molar-refractivity contribution in [1.29, 1.82) is 0 Å². The quantitative estimate of drug-likeness (QED) is 0.628. The summed E-state index contributed by atoms with van der Waals surface area (Å²) in [6, 6.07) is 0.144. The maximum Gasteiger partial charge on any atom is 0.224 e. The Morgan fingerprint density at radius 1 is 1.53 bits per heavy atom. The van der Waals surface area contributed by atoms with Gasteiger partial charge < -0.3 is 16.2 Å². The number of aliphatic hydroxyl groups excluding tert-OH is 1. The van der Waals surface area contributed by atoms with Crippen LogP contribution in [-0.4, -0.2) is 30.2 Å². The molecule has 0 heterocycles. The van der Waals surface area contributed by atoms with Crippen molar-refractivity contribution in [3.63, 3.8) is 0 Å². The number of carbonyl (C=O) groups excluding carboxylic acids is 1. The molecule has 0 aromatic heterocycles. The van der Waals surface area contributed by atoms with Crippen molar-refractivity contribution in [2.24, 2.45) is 17.6 Å². The van der Waals surface area contributed by atoms with E-state index in [0.29, 0.717) is 6.54 Å². The average molecular weight is 214 g/mol. The number of aliphatic hydroxyl groups is 1. The average Bonchev–Trinajstić information content (AvgIpc) is 2.28. The van der Waals surface area contributed by atoms with Crippen molar-refractivity contribution in [3.8, 4) is 0 Å². The molecule has 0 saturated heterocycles. The standard InChI is InChI=1S/C11H22N2O2/c1-8(6-12)11(15)13-10-5-3-2-4-9(10)7-14/h8-10,14H,2-7,12H2,1H3,(H,13,15)/t8-,9+,10-/m1/s1. The molecular formula is C11H22N2O2. The zero-order valence-electron chi connectivity index (χ0n) is 9.41. The van der Waals surface area contributed by atoms with E-state index in [0.717, 1.165) is 25.7 Å². The molecule has 1 rings (SSSR count). The van der Waals surface area contributed by atoms with Gasteiger partial charge in [-0.25, -0.2) is 0 Å². The third-order valence-corrected chi connectivity index (χ3v) is 3.27. The van der Waals surface area contributed by atoms with Crippen molar-refractivity contribution in [1.82, 2.24) is 5.32 Å². The van der Waals surface area contributed by atoms with Crippen molar-refractivity contribution < 1.29 is 9.90 Å². The zero-order valence-corrected chi connectivity index (χ0v) is 9.41. The summed E-state index contributed by atoms with van der Waals surface area (Å²) in [4.78, 5) is 11.6. The van der Waals surface area contributed by atoms with Gasteiger partial charge in [-0.2, -0.15) is 0 Å². The summed E-state index contributed by atoms with van der Waals surface area (Å²) in [5, 5.41) is 12.2. The van der Waals surface area contributed by atoms with Crippen LogP contribution in [0.25, 0.3) is 0 Å². The van der Waals surface area contributed by atoms with E-state index >= 15 is 0 Å². The van der Waals surface area contributed by atoms with Gasteiger partial charge in [0.15, 0.2) is 0 Å². The molecule has 0 aromatic rings. The molecule has 0 aromatic carbocycles. The van der Waals surface area contributed by atoms with Gasteiger partial charge in [0.05, 0.1) is 0 Å². The number of hydrogen-bond acceptors (Lipinski definition) is 3. The second-order valence-electron chi connectivity index (χ2n) is 4.48. The van der Waals surface area contributed by atoms with E-state index in [1.807, 2.05) is 6.92 Å². The summed E-state index contributed by atoms with van der Waals surface area (Å²) in [5.74, 6) is 0.113. The molecule has 4 heteroatoms. The molecule has 15 heavy (non-hydrogen) atoms. The highest BCUT2D eigenvalue weighted by Crippen LogP contribution is 2.24. The molecule has 1 saturated carbocycles. The summed E-state index contributed by atoms with van der Waals surface area (Å²) in [6.07, 6.45) is 4.29. The second-order valence-corrected chi connectivity index (χ2v) is 4.48. The molecule has 4 N–H and O–H groups in total. The Morgan fingerprint density at radius 3 is 2.80 bits per heavy atom. The molecule has 1 aliphatic carbocycles. The molecule has 3 atom stereocenters. The van der Waals surface area contributed by atoms with Gasteiger partial charge in [0, 0.05) is 31.0 Å². The van der Waals surface area contributed by atoms with Gasteiger partial charge in [0.25, 0.3) is 0 Å². The topological polar surface area (TPSA) is 75.4 Å². The highest BCUT2D eigenvalue weighted by atomic mass is 16.3. The van der Waals surface area contributed by atoms with Gasteiger partial charge in [0.2, 0.25) is 5.91 Å². The third kappa shape index (κ3) is 3.47. The smallest absolute Gasteiger partial charge is 0.224 e. The monoisotopic (exact) mass is 214 g/mol. The fraction of sp³-hybridized carbons (Fsp3) is 0.909. The summed E-state index contributed by atoms with van der Waals surface area (Å²) in [6.45, 7) is 2.37. The van der Waals surface area contributed by atoms with E-state index in [4.69, 9.17) is 5.73 Å². The van der Waals surface area contributed by atoms with E-state index in [9.17, 15) is 9.90 Å². The minimum atomic E-state index is -0.133. The predicted octanol–water partition coefficient (Wildman–Crippen LogP) is 0.249. The van der Waals surface area contributed by atoms with Crippen molar-refractivity contribution in [2.45, 2.75) is 38.6 Å². The molecular weight excluding hydrogens is 192 g/mol. The summed E-state index contributed by atoms with van der Waals surface area (Å²) in [7, 11) is 0. The largest absolute Gasteiger partial charge is 0.396 e. The lowest BCUT2D eigenvalue weighted by molar-refractivity contribution is -0.125. The Kier molecular flexibility index (Phi) is 5.05. The number of hydrogen-bond donors (Lipinski definition) is 3. The van der Waals surface area contributed by atoms with Crippen LogP contribution < -0.4 is 11.1 Å². The van der Waals surface area contributed by atoms with Gasteiger partial charge in [-0.1, -0.05) is 19.8 Å². The fourth-order valence-electron chi connectivity index (χ4n) is 2.05. The van der Waals surface area contributed by atoms with Crippen LogP contribution >= 0.6 is 0 Å². The van der Waals surface area contributed by atoms with Gasteiger partial charge in [-0.3, -0.25) is 4.79 Å². The van der Waals surface area contributed by atoms with Crippen LogP contribution in [0.2, 0.25) is 0 Å². The van der Waals surface area contributed by atoms with E-state index in [1.165, 1.54) is 0 Å². The van der Waals surface area contributed by atoms with Crippen LogP contribution in [-0.2, 0) is 4.79 Å². The zero-order chi connectivity index (χ0) is 11.3. The first-order valence-corrected chi connectivity index (χ1v) is 5.80. The lowest BCUT2D eigenvalue weighted by atomic mass is 9.85. The minimum absolute atomic E-state index is 0.0165. The number of rotatable bonds is 4. The van der Waals surface area contributed by atoms with Crippen LogP contribution in [0.1, 0.15) is 32.6 Å². The van der Waals surface area contributed by atoms with Crippen LogP contribution in [0.4, 0.5) is 0 Å². The van der Waals surface area contributed by atoms with Crippen molar-refractivity contribution >= 4 is 5.91 Å². The summed E-state index contributed by atoms with van der Waals surface area (Å²) < 4.78 is 0. The number of nitrogens with one attached hydrogen (secondary N) is 1. The second kappa shape index (κ2) is 6.08. The Labute approximate surface area is 91.2 Å². The molecule has 0 aliphatic heterocycles. The highest BCUT2D eigenvalue weighted by molar-refractivity contribution is 5.78. The van der Waals surface area contributed by atoms with Gasteiger partial charge in [0.1, 0.15) is 0 Å². The SMILES string of the molecule is C[C@H](CN)C(=O)N[C@@H]1CCCC[C@H]1CO. The maximum atomic E-state index is 11.6. The van der Waals surface area contributed by atoms with Crippen LogP contribution in [0.5, 0.6) is 0 Å². The van der Waals surface area contributed by atoms with Crippen molar-refractivity contribution in [3.05, 3.63) is 0 Å². The maximum absolute atomic E-state index is 11.6. The molecule has 1 amide bonds. The Bertz CT molecular complexity index is 209. The normalized spacial score (nSPS) is 28.5. The molecule has 0 bridgehead atoms. The fourth-order valence-corrected chi connectivity index (χ4v) is 2.05. The lowest BCUT2D eigenvalue weighted by Crippen LogP contribution is -2.46. The Balaban J connectivity index is 2.44. The molecule has 0 radical (unpaired) electrons. The lowest BCUT2D eigenvalue weighted by Gasteiger charge is -2.31. The molecule has 88 valence electrons. The van der Waals surface area contributed by atoms with E-state index < -0.39 is 0 Å². The molecule has 1 aliphatic rings. The summed E-state index contributed by atoms with van der Waals surface area (Å²) >= 11 is 0. The Morgan fingerprint density at radius 2 is 2.20 bits per heavy atom. The Hall–Kier alpha value is -0.610. The summed E-state index contributed by atoms with van der Waals surface area (Å²) in [5.41, 5.74) is 5.44. The predicted molar refractivity (Wildman–Crippen MR) is 59.2 cm³/mol. The van der Waals surface area contributed by atoms with E-state index in [2.05, 4.69) is 5.32 Å². The van der Waals surface area contributed by atoms with Gasteiger partial charge in [-0.15, -0.1) is 0 Å². The molecule has 1 fully saturated rings. The van der Waals surface area contributed by atoms with Crippen LogP contribution in [0.3, 0.4) is 0 Å². The first kappa shape index (κ1) is 12.5. The molecule has 0 unspecified atom stereocenters. The van der Waals surface area contributed by atoms with E-state index in [1.54, 1.807) is 0 Å². The van der Waals surface area contributed by atoms with Crippen LogP contribution in [0.15, 0.2) is 0 Å². The highest BCUT2D eigenvalue weighted by Gasteiger charge is 2.26. The molecule has 4 nitrogen and oxygen atoms in total. The number of nitrogens with two attached hydrogens (primary N) is 1. The molecule has 0 spiro atoms. The third-order valence-electron chi connectivity index (χ3n) is 3.27. The first-order chi connectivity index (χ1) is 7.19. The van der Waals surface area contributed by atoms with Crippen LogP contribution in [0, 0.1) is 11.8 Å². The first-order valence-electron chi connectivity index (χ1n) is 5.80. The van der Waals surface area contributed by atoms with Crippen molar-refractivity contribution in [2.75, 3.05) is 13.2 Å². The number of amides is 1. The minimum Gasteiger partial charge on any atom is -0.396 e. The number of carbonyl (C=O) groups is 1. The van der Waals surface area contributed by atoms with Gasteiger partial charge in [-0.05, 0) is 12.8 Å².